The van der Waals surface area contributed by atoms with Gasteiger partial charge in [-0.3, -0.25) is 9.59 Å². The normalized spacial score (nSPS) is 11.9. The number of carbonyl (C=O) groups excluding carboxylic acids is 3. The van der Waals surface area contributed by atoms with Gasteiger partial charge < -0.3 is 20.5 Å². The van der Waals surface area contributed by atoms with Crippen LogP contribution in [0.1, 0.15) is 27.8 Å². The number of anilines is 1. The number of hydrogen-bond acceptors (Lipinski definition) is 7. The Bertz CT molecular complexity index is 1120. The Kier molecular flexibility index (Phi) is 5.85. The zero-order valence-electron chi connectivity index (χ0n) is 15.4. The zero-order chi connectivity index (χ0) is 21.8. The van der Waals surface area contributed by atoms with Gasteiger partial charge >= 0.3 is 12.6 Å². The van der Waals surface area contributed by atoms with E-state index in [4.69, 9.17) is 10.5 Å². The zero-order valence-corrected chi connectivity index (χ0v) is 15.4. The van der Waals surface area contributed by atoms with Gasteiger partial charge in [0.25, 0.3) is 11.8 Å². The van der Waals surface area contributed by atoms with Crippen LogP contribution in [0.5, 0.6) is 5.75 Å². The van der Waals surface area contributed by atoms with Crippen molar-refractivity contribution in [3.05, 3.63) is 54.0 Å². The highest BCUT2D eigenvalue weighted by Crippen LogP contribution is 2.25. The molecule has 1 aromatic carbocycles. The highest BCUT2D eigenvalue weighted by Gasteiger charge is 2.23. The number of nitrogens with one attached hydrogen (secondary N) is 1. The Hall–Kier alpha value is -4.09. The molecule has 0 saturated carbocycles. The van der Waals surface area contributed by atoms with Crippen LogP contribution in [0.4, 0.5) is 14.5 Å². The maximum Gasteiger partial charge on any atom is 0.387 e. The Morgan fingerprint density at radius 3 is 2.63 bits per heavy atom. The van der Waals surface area contributed by atoms with Crippen molar-refractivity contribution in [3.63, 3.8) is 0 Å². The smallest absolute Gasteiger partial charge is 0.387 e. The van der Waals surface area contributed by atoms with Crippen LogP contribution in [-0.2, 0) is 9.53 Å². The fourth-order valence-electron chi connectivity index (χ4n) is 2.50. The fourth-order valence-corrected chi connectivity index (χ4v) is 2.50. The molecule has 2 aromatic heterocycles. The molecule has 1 atom stereocenters. The number of primary amides is 1. The summed E-state index contributed by atoms with van der Waals surface area (Å²) < 4.78 is 35.5. The number of carbonyl (C=O) groups is 3. The number of fused-ring (bicyclic) bond motifs is 1. The number of nitrogens with two attached hydrogens (primary N) is 1. The molecule has 1 unspecified atom stereocenters. The fraction of sp³-hybridized carbons (Fsp3) is 0.167. The second kappa shape index (κ2) is 8.51. The molecule has 30 heavy (non-hydrogen) atoms. The van der Waals surface area contributed by atoms with Gasteiger partial charge in [0.2, 0.25) is 0 Å². The third-order valence-electron chi connectivity index (χ3n) is 3.89. The molecule has 0 aliphatic heterocycles. The highest BCUT2D eigenvalue weighted by molar-refractivity contribution is 6.00. The molecule has 10 nitrogen and oxygen atoms in total. The lowest BCUT2D eigenvalue weighted by molar-refractivity contribution is -0.123. The van der Waals surface area contributed by atoms with E-state index in [-0.39, 0.29) is 28.3 Å². The summed E-state index contributed by atoms with van der Waals surface area (Å²) in [6.07, 6.45) is 1.10. The van der Waals surface area contributed by atoms with E-state index in [1.807, 2.05) is 0 Å². The lowest BCUT2D eigenvalue weighted by Crippen LogP contribution is -2.30. The summed E-state index contributed by atoms with van der Waals surface area (Å²) in [5.74, 6) is -2.73. The van der Waals surface area contributed by atoms with Gasteiger partial charge in [0.05, 0.1) is 11.9 Å². The predicted molar refractivity (Wildman–Crippen MR) is 98.1 cm³/mol. The Morgan fingerprint density at radius 2 is 1.93 bits per heavy atom. The van der Waals surface area contributed by atoms with E-state index < -0.39 is 30.5 Å². The molecule has 3 aromatic rings. The monoisotopic (exact) mass is 419 g/mol. The Labute approximate surface area is 167 Å². The minimum absolute atomic E-state index is 0.00563. The molecule has 0 bridgehead atoms. The van der Waals surface area contributed by atoms with E-state index in [9.17, 15) is 23.2 Å². The molecular weight excluding hydrogens is 404 g/mol. The minimum Gasteiger partial charge on any atom is -0.448 e. The molecule has 12 heteroatoms. The van der Waals surface area contributed by atoms with Crippen LogP contribution < -0.4 is 15.8 Å². The first-order valence-electron chi connectivity index (χ1n) is 8.46. The number of para-hydroxylation sites is 2. The molecule has 3 rings (SSSR count). The van der Waals surface area contributed by atoms with Gasteiger partial charge in [0, 0.05) is 6.20 Å². The number of hydrogen-bond donors (Lipinski definition) is 2. The number of alkyl halides is 2. The van der Waals surface area contributed by atoms with Gasteiger partial charge in [0.1, 0.15) is 11.3 Å². The van der Waals surface area contributed by atoms with Gasteiger partial charge in [-0.15, -0.1) is 0 Å². The number of benzene rings is 1. The maximum atomic E-state index is 12.5. The van der Waals surface area contributed by atoms with Gasteiger partial charge in [-0.05, 0) is 25.1 Å². The van der Waals surface area contributed by atoms with Gasteiger partial charge in [-0.1, -0.05) is 12.1 Å². The van der Waals surface area contributed by atoms with Crippen LogP contribution in [0.3, 0.4) is 0 Å². The van der Waals surface area contributed by atoms with Crippen molar-refractivity contribution >= 4 is 29.1 Å². The van der Waals surface area contributed by atoms with Crippen LogP contribution in [0.2, 0.25) is 0 Å². The molecular formula is C18H15F2N5O5. The first-order chi connectivity index (χ1) is 14.3. The van der Waals surface area contributed by atoms with Gasteiger partial charge in [-0.2, -0.15) is 13.9 Å². The molecule has 0 radical (unpaired) electrons. The van der Waals surface area contributed by atoms with Crippen LogP contribution in [-0.4, -0.2) is 45.1 Å². The second-order valence-electron chi connectivity index (χ2n) is 5.90. The van der Waals surface area contributed by atoms with Crippen LogP contribution in [0, 0.1) is 0 Å². The summed E-state index contributed by atoms with van der Waals surface area (Å²) in [5, 5.41) is 6.24. The minimum atomic E-state index is -3.08. The molecule has 0 saturated heterocycles. The average Bonchev–Trinajstić information content (AvgIpc) is 3.13. The molecule has 3 N–H and O–H groups in total. The lowest BCUT2D eigenvalue weighted by atomic mass is 10.2. The SMILES string of the molecule is CC(OC(=O)c1ccnc2c(C(N)=O)cnn12)C(=O)Nc1ccccc1OC(F)F. The predicted octanol–water partition coefficient (Wildman–Crippen LogP) is 1.61. The van der Waals surface area contributed by atoms with E-state index in [1.165, 1.54) is 43.5 Å². The van der Waals surface area contributed by atoms with Crippen molar-refractivity contribution in [1.29, 1.82) is 0 Å². The summed E-state index contributed by atoms with van der Waals surface area (Å²) in [6.45, 7) is -1.79. The van der Waals surface area contributed by atoms with Crippen LogP contribution in [0.25, 0.3) is 5.65 Å². The van der Waals surface area contributed by atoms with E-state index in [1.54, 1.807) is 0 Å². The van der Waals surface area contributed by atoms with E-state index in [2.05, 4.69) is 20.1 Å². The molecule has 0 aliphatic rings. The molecule has 0 spiro atoms. The van der Waals surface area contributed by atoms with E-state index in [0.29, 0.717) is 0 Å². The number of nitrogens with zero attached hydrogens (tertiary/aromatic N) is 3. The Morgan fingerprint density at radius 1 is 1.20 bits per heavy atom. The van der Waals surface area contributed by atoms with Crippen molar-refractivity contribution in [3.8, 4) is 5.75 Å². The first kappa shape index (κ1) is 20.6. The summed E-state index contributed by atoms with van der Waals surface area (Å²) in [4.78, 5) is 40.2. The molecule has 2 amide bonds. The number of amides is 2. The highest BCUT2D eigenvalue weighted by atomic mass is 19.3. The van der Waals surface area contributed by atoms with E-state index in [0.717, 1.165) is 10.7 Å². The molecule has 0 fully saturated rings. The molecule has 156 valence electrons. The quantitative estimate of drug-likeness (QED) is 0.555. The van der Waals surface area contributed by atoms with Crippen LogP contribution >= 0.6 is 0 Å². The number of halogens is 2. The maximum absolute atomic E-state index is 12.5. The third kappa shape index (κ3) is 4.32. The van der Waals surface area contributed by atoms with Crippen molar-refractivity contribution in [2.45, 2.75) is 19.6 Å². The van der Waals surface area contributed by atoms with Crippen molar-refractivity contribution in [2.75, 3.05) is 5.32 Å². The summed E-state index contributed by atoms with van der Waals surface area (Å²) in [6, 6.07) is 6.84. The van der Waals surface area contributed by atoms with E-state index >= 15 is 0 Å². The number of rotatable bonds is 7. The number of ether oxygens (including phenoxy) is 2. The van der Waals surface area contributed by atoms with Crippen molar-refractivity contribution in [1.82, 2.24) is 14.6 Å². The van der Waals surface area contributed by atoms with Gasteiger partial charge in [-0.25, -0.2) is 14.3 Å². The number of esters is 1. The largest absolute Gasteiger partial charge is 0.448 e. The number of aromatic nitrogens is 3. The van der Waals surface area contributed by atoms with Crippen molar-refractivity contribution < 1.29 is 32.6 Å². The average molecular weight is 419 g/mol. The van der Waals surface area contributed by atoms with Crippen LogP contribution in [0.15, 0.2) is 42.7 Å². The summed E-state index contributed by atoms with van der Waals surface area (Å²) in [5.41, 5.74) is 5.16. The van der Waals surface area contributed by atoms with Crippen molar-refractivity contribution in [2.24, 2.45) is 5.73 Å². The van der Waals surface area contributed by atoms with Gasteiger partial charge in [0.15, 0.2) is 17.4 Å². The topological polar surface area (TPSA) is 138 Å². The standard InChI is InChI=1S/C18H15F2N5O5/c1-9(16(27)24-11-4-2-3-5-13(11)30-18(19)20)29-17(28)12-6-7-22-15-10(14(21)26)8-23-25(12)15/h2-9,18H,1H3,(H2,21,26)(H,24,27). The third-order valence-corrected chi connectivity index (χ3v) is 3.89. The summed E-state index contributed by atoms with van der Waals surface area (Å²) in [7, 11) is 0. The first-order valence-corrected chi connectivity index (χ1v) is 8.46. The lowest BCUT2D eigenvalue weighted by Gasteiger charge is -2.16. The summed E-state index contributed by atoms with van der Waals surface area (Å²) >= 11 is 0. The second-order valence-corrected chi connectivity index (χ2v) is 5.90. The molecule has 2 heterocycles. The Balaban J connectivity index is 1.74. The molecule has 0 aliphatic carbocycles.